The monoisotopic (exact) mass is 376 g/mol. The molecule has 0 aliphatic rings. The standard InChI is InChI=1S/C18H14Cl2N2O3/c1-2-9-21-18(24)13-5-3-4-6-15(13)22-17(23)11-25-16-10-12(19)7-8-14(16)20/h1,3-8,10H,9,11H2,(H,21,24)(H,22,23). The number of hydrogen-bond donors (Lipinski definition) is 2. The number of terminal acetylenes is 1. The van der Waals surface area contributed by atoms with Crippen molar-refractivity contribution in [2.24, 2.45) is 0 Å². The summed E-state index contributed by atoms with van der Waals surface area (Å²) in [5, 5.41) is 5.94. The lowest BCUT2D eigenvalue weighted by Crippen LogP contribution is -2.26. The van der Waals surface area contributed by atoms with Crippen LogP contribution in [0.4, 0.5) is 5.69 Å². The first-order valence-corrected chi connectivity index (χ1v) is 7.95. The average Bonchev–Trinajstić information content (AvgIpc) is 2.61. The van der Waals surface area contributed by atoms with Crippen LogP contribution < -0.4 is 15.4 Å². The summed E-state index contributed by atoms with van der Waals surface area (Å²) in [6.45, 7) is -0.197. The van der Waals surface area contributed by atoms with Gasteiger partial charge in [0.1, 0.15) is 5.75 Å². The maximum Gasteiger partial charge on any atom is 0.262 e. The van der Waals surface area contributed by atoms with Crippen LogP contribution in [0.1, 0.15) is 10.4 Å². The van der Waals surface area contributed by atoms with Gasteiger partial charge < -0.3 is 15.4 Å². The number of benzene rings is 2. The van der Waals surface area contributed by atoms with Crippen LogP contribution in [0, 0.1) is 12.3 Å². The summed E-state index contributed by atoms with van der Waals surface area (Å²) < 4.78 is 5.36. The van der Waals surface area contributed by atoms with Gasteiger partial charge in [0.15, 0.2) is 6.61 Å². The highest BCUT2D eigenvalue weighted by Crippen LogP contribution is 2.27. The van der Waals surface area contributed by atoms with E-state index in [2.05, 4.69) is 16.6 Å². The molecule has 2 aromatic rings. The fraction of sp³-hybridized carbons (Fsp3) is 0.111. The van der Waals surface area contributed by atoms with Crippen molar-refractivity contribution in [3.63, 3.8) is 0 Å². The molecule has 2 amide bonds. The van der Waals surface area contributed by atoms with Crippen LogP contribution in [0.15, 0.2) is 42.5 Å². The summed E-state index contributed by atoms with van der Waals surface area (Å²) in [6.07, 6.45) is 5.12. The quantitative estimate of drug-likeness (QED) is 0.759. The molecule has 0 aromatic heterocycles. The van der Waals surface area contributed by atoms with Crippen molar-refractivity contribution < 1.29 is 14.3 Å². The van der Waals surface area contributed by atoms with Gasteiger partial charge in [0.2, 0.25) is 0 Å². The van der Waals surface area contributed by atoms with Gasteiger partial charge in [-0.3, -0.25) is 9.59 Å². The fourth-order valence-electron chi connectivity index (χ4n) is 1.93. The van der Waals surface area contributed by atoms with Crippen molar-refractivity contribution >= 4 is 40.7 Å². The van der Waals surface area contributed by atoms with Crippen molar-refractivity contribution in [1.82, 2.24) is 5.32 Å². The summed E-state index contributed by atoms with van der Waals surface area (Å²) in [5.74, 6) is 1.78. The molecule has 0 aliphatic heterocycles. The van der Waals surface area contributed by atoms with Crippen LogP contribution in [0.25, 0.3) is 0 Å². The Hall–Kier alpha value is -2.68. The van der Waals surface area contributed by atoms with E-state index in [-0.39, 0.29) is 19.1 Å². The normalized spacial score (nSPS) is 9.80. The molecule has 2 rings (SSSR count). The minimum absolute atomic E-state index is 0.0947. The van der Waals surface area contributed by atoms with Gasteiger partial charge in [-0.15, -0.1) is 6.42 Å². The second-order valence-corrected chi connectivity index (χ2v) is 5.69. The van der Waals surface area contributed by atoms with Crippen LogP contribution in [0.3, 0.4) is 0 Å². The van der Waals surface area contributed by atoms with Gasteiger partial charge in [-0.05, 0) is 24.3 Å². The van der Waals surface area contributed by atoms with Gasteiger partial charge in [0.05, 0.1) is 22.8 Å². The van der Waals surface area contributed by atoms with E-state index in [1.54, 1.807) is 36.4 Å². The van der Waals surface area contributed by atoms with Crippen molar-refractivity contribution in [1.29, 1.82) is 0 Å². The minimum Gasteiger partial charge on any atom is -0.482 e. The Morgan fingerprint density at radius 3 is 2.68 bits per heavy atom. The summed E-state index contributed by atoms with van der Waals surface area (Å²) in [6, 6.07) is 11.3. The molecule has 0 bridgehead atoms. The number of anilines is 1. The first-order valence-electron chi connectivity index (χ1n) is 7.19. The second-order valence-electron chi connectivity index (χ2n) is 4.84. The highest BCUT2D eigenvalue weighted by Gasteiger charge is 2.13. The number of carbonyl (C=O) groups excluding carboxylic acids is 2. The van der Waals surface area contributed by atoms with Crippen LogP contribution in [-0.2, 0) is 4.79 Å². The van der Waals surface area contributed by atoms with Crippen LogP contribution >= 0.6 is 23.2 Å². The van der Waals surface area contributed by atoms with Crippen molar-refractivity contribution in [2.75, 3.05) is 18.5 Å². The first kappa shape index (κ1) is 18.7. The number of nitrogens with one attached hydrogen (secondary N) is 2. The van der Waals surface area contributed by atoms with Gasteiger partial charge in [-0.1, -0.05) is 41.3 Å². The third kappa shape index (κ3) is 5.42. The molecule has 2 N–H and O–H groups in total. The Morgan fingerprint density at radius 2 is 1.92 bits per heavy atom. The molecule has 0 saturated heterocycles. The third-order valence-corrected chi connectivity index (χ3v) is 3.60. The maximum atomic E-state index is 12.1. The largest absolute Gasteiger partial charge is 0.482 e. The molecule has 0 spiro atoms. The topological polar surface area (TPSA) is 67.4 Å². The van der Waals surface area contributed by atoms with Crippen LogP contribution in [-0.4, -0.2) is 25.0 Å². The molecule has 7 heteroatoms. The van der Waals surface area contributed by atoms with E-state index in [9.17, 15) is 9.59 Å². The Bertz CT molecular complexity index is 831. The summed E-state index contributed by atoms with van der Waals surface area (Å²) >= 11 is 11.8. The Kier molecular flexibility index (Phi) is 6.70. The zero-order valence-electron chi connectivity index (χ0n) is 13.0. The lowest BCUT2D eigenvalue weighted by Gasteiger charge is -2.12. The molecular weight excluding hydrogens is 363 g/mol. The Morgan fingerprint density at radius 1 is 1.16 bits per heavy atom. The number of hydrogen-bond acceptors (Lipinski definition) is 3. The lowest BCUT2D eigenvalue weighted by molar-refractivity contribution is -0.118. The molecule has 0 unspecified atom stereocenters. The zero-order chi connectivity index (χ0) is 18.2. The van der Waals surface area contributed by atoms with E-state index < -0.39 is 5.91 Å². The molecule has 0 fully saturated rings. The smallest absolute Gasteiger partial charge is 0.262 e. The summed E-state index contributed by atoms with van der Waals surface area (Å²) in [4.78, 5) is 24.1. The van der Waals surface area contributed by atoms with Crippen LogP contribution in [0.2, 0.25) is 10.0 Å². The van der Waals surface area contributed by atoms with E-state index in [0.717, 1.165) is 0 Å². The number of para-hydroxylation sites is 1. The number of rotatable bonds is 6. The molecular formula is C18H14Cl2N2O3. The van der Waals surface area contributed by atoms with Gasteiger partial charge in [-0.25, -0.2) is 0 Å². The van der Waals surface area contributed by atoms with E-state index in [4.69, 9.17) is 34.4 Å². The highest BCUT2D eigenvalue weighted by molar-refractivity contribution is 6.34. The predicted octanol–water partition coefficient (Wildman–Crippen LogP) is 3.37. The number of carbonyl (C=O) groups is 2. The molecule has 0 atom stereocenters. The third-order valence-electron chi connectivity index (χ3n) is 3.05. The zero-order valence-corrected chi connectivity index (χ0v) is 14.5. The maximum absolute atomic E-state index is 12.1. The first-order chi connectivity index (χ1) is 12.0. The van der Waals surface area contributed by atoms with Crippen molar-refractivity contribution in [3.8, 4) is 18.1 Å². The van der Waals surface area contributed by atoms with Crippen molar-refractivity contribution in [2.45, 2.75) is 0 Å². The number of amides is 2. The highest BCUT2D eigenvalue weighted by atomic mass is 35.5. The molecule has 2 aromatic carbocycles. The number of halogens is 2. The SMILES string of the molecule is C#CCNC(=O)c1ccccc1NC(=O)COc1cc(Cl)ccc1Cl. The van der Waals surface area contributed by atoms with E-state index in [1.807, 2.05) is 0 Å². The molecule has 0 heterocycles. The summed E-state index contributed by atoms with van der Waals surface area (Å²) in [5.41, 5.74) is 0.648. The molecule has 128 valence electrons. The minimum atomic E-state index is -0.451. The Balaban J connectivity index is 2.02. The molecule has 0 aliphatic carbocycles. The van der Waals surface area contributed by atoms with E-state index in [1.165, 1.54) is 6.07 Å². The molecule has 0 saturated carbocycles. The molecule has 0 radical (unpaired) electrons. The Labute approximate surface area is 155 Å². The molecule has 25 heavy (non-hydrogen) atoms. The predicted molar refractivity (Wildman–Crippen MR) is 98.2 cm³/mol. The fourth-order valence-corrected chi connectivity index (χ4v) is 2.27. The van der Waals surface area contributed by atoms with Gasteiger partial charge in [-0.2, -0.15) is 0 Å². The van der Waals surface area contributed by atoms with Crippen molar-refractivity contribution in [3.05, 3.63) is 58.1 Å². The second kappa shape index (κ2) is 8.97. The van der Waals surface area contributed by atoms with E-state index >= 15 is 0 Å². The van der Waals surface area contributed by atoms with Gasteiger partial charge in [0, 0.05) is 11.1 Å². The number of ether oxygens (including phenoxy) is 1. The van der Waals surface area contributed by atoms with Crippen LogP contribution in [0.5, 0.6) is 5.75 Å². The molecule has 5 nitrogen and oxygen atoms in total. The average molecular weight is 377 g/mol. The summed E-state index contributed by atoms with van der Waals surface area (Å²) in [7, 11) is 0. The van der Waals surface area contributed by atoms with Gasteiger partial charge >= 0.3 is 0 Å². The lowest BCUT2D eigenvalue weighted by atomic mass is 10.1. The van der Waals surface area contributed by atoms with Gasteiger partial charge in [0.25, 0.3) is 11.8 Å². The van der Waals surface area contributed by atoms with E-state index in [0.29, 0.717) is 27.0 Å².